The second-order valence-corrected chi connectivity index (χ2v) is 5.11. The monoisotopic (exact) mass is 342 g/mol. The number of rotatable bonds is 8. The Bertz CT molecular complexity index is 719. The molecule has 5 nitrogen and oxygen atoms in total. The van der Waals surface area contributed by atoms with Gasteiger partial charge in [-0.25, -0.2) is 4.79 Å². The van der Waals surface area contributed by atoms with Crippen molar-refractivity contribution in [2.75, 3.05) is 27.4 Å². The Labute approximate surface area is 147 Å². The van der Waals surface area contributed by atoms with E-state index >= 15 is 0 Å². The van der Waals surface area contributed by atoms with Gasteiger partial charge in [0.15, 0.2) is 18.1 Å². The Kier molecular flexibility index (Phi) is 6.89. The summed E-state index contributed by atoms with van der Waals surface area (Å²) in [5, 5.41) is 0. The van der Waals surface area contributed by atoms with Gasteiger partial charge in [0, 0.05) is 0 Å². The first-order valence-electron chi connectivity index (χ1n) is 7.95. The SMILES string of the molecule is CCOC(=O)COc1ccc(/C=C/c2ccc(OC)c(OC)c2)cc1. The smallest absolute Gasteiger partial charge is 0.344 e. The fourth-order valence-electron chi connectivity index (χ4n) is 2.17. The van der Waals surface area contributed by atoms with Gasteiger partial charge in [0.05, 0.1) is 20.8 Å². The van der Waals surface area contributed by atoms with Gasteiger partial charge in [-0.1, -0.05) is 30.4 Å². The largest absolute Gasteiger partial charge is 0.493 e. The van der Waals surface area contributed by atoms with Crippen molar-refractivity contribution >= 4 is 18.1 Å². The van der Waals surface area contributed by atoms with E-state index in [0.717, 1.165) is 11.1 Å². The van der Waals surface area contributed by atoms with E-state index in [9.17, 15) is 4.79 Å². The zero-order valence-electron chi connectivity index (χ0n) is 14.7. The maximum atomic E-state index is 11.3. The molecule has 0 bridgehead atoms. The highest BCUT2D eigenvalue weighted by molar-refractivity contribution is 5.72. The van der Waals surface area contributed by atoms with Crippen molar-refractivity contribution in [3.63, 3.8) is 0 Å². The number of carbonyl (C=O) groups excluding carboxylic acids is 1. The zero-order chi connectivity index (χ0) is 18.1. The van der Waals surface area contributed by atoms with Crippen LogP contribution in [0.1, 0.15) is 18.1 Å². The number of hydrogen-bond donors (Lipinski definition) is 0. The minimum atomic E-state index is -0.375. The third-order valence-corrected chi connectivity index (χ3v) is 3.42. The molecule has 5 heteroatoms. The summed E-state index contributed by atoms with van der Waals surface area (Å²) in [7, 11) is 3.22. The zero-order valence-corrected chi connectivity index (χ0v) is 14.7. The van der Waals surface area contributed by atoms with Gasteiger partial charge in [-0.2, -0.15) is 0 Å². The molecular weight excluding hydrogens is 320 g/mol. The van der Waals surface area contributed by atoms with Gasteiger partial charge >= 0.3 is 5.97 Å². The number of methoxy groups -OCH3 is 2. The van der Waals surface area contributed by atoms with Crippen LogP contribution in [0.4, 0.5) is 0 Å². The molecule has 0 amide bonds. The first-order valence-corrected chi connectivity index (χ1v) is 7.95. The molecule has 25 heavy (non-hydrogen) atoms. The van der Waals surface area contributed by atoms with Crippen LogP contribution in [0.2, 0.25) is 0 Å². The second kappa shape index (κ2) is 9.37. The van der Waals surface area contributed by atoms with Crippen LogP contribution in [0.3, 0.4) is 0 Å². The van der Waals surface area contributed by atoms with E-state index < -0.39 is 0 Å². The summed E-state index contributed by atoms with van der Waals surface area (Å²) in [4.78, 5) is 11.3. The molecule has 2 aromatic carbocycles. The van der Waals surface area contributed by atoms with Crippen LogP contribution in [0.25, 0.3) is 12.2 Å². The third kappa shape index (κ3) is 5.57. The van der Waals surface area contributed by atoms with Crippen LogP contribution >= 0.6 is 0 Å². The first kappa shape index (κ1) is 18.4. The van der Waals surface area contributed by atoms with Crippen molar-refractivity contribution in [3.05, 3.63) is 53.6 Å². The quantitative estimate of drug-likeness (QED) is 0.539. The molecule has 0 saturated heterocycles. The molecule has 2 rings (SSSR count). The highest BCUT2D eigenvalue weighted by atomic mass is 16.6. The van der Waals surface area contributed by atoms with Crippen molar-refractivity contribution in [1.82, 2.24) is 0 Å². The second-order valence-electron chi connectivity index (χ2n) is 5.11. The summed E-state index contributed by atoms with van der Waals surface area (Å²) in [6.45, 7) is 2.02. The van der Waals surface area contributed by atoms with Crippen LogP contribution in [-0.4, -0.2) is 33.4 Å². The summed E-state index contributed by atoms with van der Waals surface area (Å²) >= 11 is 0. The van der Waals surface area contributed by atoms with Crippen LogP contribution in [0, 0.1) is 0 Å². The van der Waals surface area contributed by atoms with E-state index in [4.69, 9.17) is 18.9 Å². The Hall–Kier alpha value is -2.95. The minimum absolute atomic E-state index is 0.0886. The van der Waals surface area contributed by atoms with Gasteiger partial charge < -0.3 is 18.9 Å². The molecule has 0 N–H and O–H groups in total. The molecule has 0 fully saturated rings. The average molecular weight is 342 g/mol. The van der Waals surface area contributed by atoms with Crippen molar-refractivity contribution < 1.29 is 23.7 Å². The molecule has 0 radical (unpaired) electrons. The Morgan fingerprint density at radius 1 is 0.920 bits per heavy atom. The average Bonchev–Trinajstić information content (AvgIpc) is 2.65. The van der Waals surface area contributed by atoms with E-state index in [-0.39, 0.29) is 12.6 Å². The van der Waals surface area contributed by atoms with Crippen LogP contribution in [0.5, 0.6) is 17.2 Å². The topological polar surface area (TPSA) is 54.0 Å². The predicted molar refractivity (Wildman–Crippen MR) is 97.0 cm³/mol. The molecule has 0 aliphatic carbocycles. The predicted octanol–water partition coefficient (Wildman–Crippen LogP) is 3.82. The molecule has 0 spiro atoms. The van der Waals surface area contributed by atoms with Gasteiger partial charge in [0.1, 0.15) is 5.75 Å². The lowest BCUT2D eigenvalue weighted by Crippen LogP contribution is -2.14. The maximum absolute atomic E-state index is 11.3. The Morgan fingerprint density at radius 2 is 1.56 bits per heavy atom. The standard InChI is InChI=1S/C20H22O5/c1-4-24-20(21)14-25-17-10-7-15(8-11-17)5-6-16-9-12-18(22-2)19(13-16)23-3/h5-13H,4,14H2,1-3H3/b6-5+. The highest BCUT2D eigenvalue weighted by Gasteiger charge is 2.04. The molecule has 0 unspecified atom stereocenters. The highest BCUT2D eigenvalue weighted by Crippen LogP contribution is 2.28. The van der Waals surface area contributed by atoms with Gasteiger partial charge in [-0.15, -0.1) is 0 Å². The summed E-state index contributed by atoms with van der Waals surface area (Å²) in [5.74, 6) is 1.63. The van der Waals surface area contributed by atoms with Crippen molar-refractivity contribution in [2.24, 2.45) is 0 Å². The maximum Gasteiger partial charge on any atom is 0.344 e. The number of carbonyl (C=O) groups is 1. The van der Waals surface area contributed by atoms with Gasteiger partial charge in [-0.3, -0.25) is 0 Å². The number of esters is 1. The van der Waals surface area contributed by atoms with Crippen LogP contribution in [-0.2, 0) is 9.53 Å². The minimum Gasteiger partial charge on any atom is -0.493 e. The molecule has 2 aromatic rings. The van der Waals surface area contributed by atoms with E-state index in [1.165, 1.54) is 0 Å². The molecule has 0 aliphatic heterocycles. The van der Waals surface area contributed by atoms with Gasteiger partial charge in [0.25, 0.3) is 0 Å². The lowest BCUT2D eigenvalue weighted by molar-refractivity contribution is -0.145. The molecule has 132 valence electrons. The molecule has 0 aliphatic rings. The molecular formula is C20H22O5. The number of benzene rings is 2. The lowest BCUT2D eigenvalue weighted by atomic mass is 10.1. The first-order chi connectivity index (χ1) is 12.2. The summed E-state index contributed by atoms with van der Waals surface area (Å²) < 4.78 is 20.7. The number of ether oxygens (including phenoxy) is 4. The molecule has 0 aromatic heterocycles. The number of hydrogen-bond acceptors (Lipinski definition) is 5. The van der Waals surface area contributed by atoms with E-state index in [0.29, 0.717) is 23.9 Å². The van der Waals surface area contributed by atoms with Gasteiger partial charge in [0.2, 0.25) is 0 Å². The van der Waals surface area contributed by atoms with Crippen molar-refractivity contribution in [1.29, 1.82) is 0 Å². The fraction of sp³-hybridized carbons (Fsp3) is 0.250. The lowest BCUT2D eigenvalue weighted by Gasteiger charge is -2.07. The van der Waals surface area contributed by atoms with Crippen molar-refractivity contribution in [2.45, 2.75) is 6.92 Å². The van der Waals surface area contributed by atoms with Crippen LogP contribution in [0.15, 0.2) is 42.5 Å². The Balaban J connectivity index is 1.98. The summed E-state index contributed by atoms with van der Waals surface area (Å²) in [5.41, 5.74) is 2.01. The molecule has 0 heterocycles. The van der Waals surface area contributed by atoms with E-state index in [1.54, 1.807) is 21.1 Å². The van der Waals surface area contributed by atoms with E-state index in [1.807, 2.05) is 54.6 Å². The molecule has 0 atom stereocenters. The third-order valence-electron chi connectivity index (χ3n) is 3.42. The summed E-state index contributed by atoms with van der Waals surface area (Å²) in [6, 6.07) is 13.2. The fourth-order valence-corrected chi connectivity index (χ4v) is 2.17. The van der Waals surface area contributed by atoms with Crippen molar-refractivity contribution in [3.8, 4) is 17.2 Å². The Morgan fingerprint density at radius 3 is 2.20 bits per heavy atom. The molecule has 0 saturated carbocycles. The van der Waals surface area contributed by atoms with Gasteiger partial charge in [-0.05, 0) is 42.3 Å². The summed E-state index contributed by atoms with van der Waals surface area (Å²) in [6.07, 6.45) is 3.97. The normalized spacial score (nSPS) is 10.5. The van der Waals surface area contributed by atoms with E-state index in [2.05, 4.69) is 0 Å². The van der Waals surface area contributed by atoms with Crippen LogP contribution < -0.4 is 14.2 Å².